The van der Waals surface area contributed by atoms with Crippen LogP contribution in [0.3, 0.4) is 0 Å². The lowest BCUT2D eigenvalue weighted by atomic mass is 10.0. The summed E-state index contributed by atoms with van der Waals surface area (Å²) < 4.78 is 11.1. The second-order valence-corrected chi connectivity index (χ2v) is 7.91. The number of nitro groups is 1. The van der Waals surface area contributed by atoms with Crippen LogP contribution in [0.25, 0.3) is 22.3 Å². The molecule has 0 bridgehead atoms. The molecule has 35 heavy (non-hydrogen) atoms. The fraction of sp³-hybridized carbons (Fsp3) is 0.0800. The number of nitrogens with one attached hydrogen (secondary N) is 1. The molecule has 1 aromatic heterocycles. The van der Waals surface area contributed by atoms with E-state index in [0.717, 1.165) is 6.07 Å². The van der Waals surface area contributed by atoms with E-state index in [1.165, 1.54) is 30.3 Å². The summed E-state index contributed by atoms with van der Waals surface area (Å²) in [5.74, 6) is -1.40. The molecule has 9 nitrogen and oxygen atoms in total. The minimum Gasteiger partial charge on any atom is -0.455 e. The summed E-state index contributed by atoms with van der Waals surface area (Å²) in [6, 6.07) is 17.1. The van der Waals surface area contributed by atoms with Crippen molar-refractivity contribution in [2.45, 2.75) is 6.92 Å². The van der Waals surface area contributed by atoms with Gasteiger partial charge in [-0.1, -0.05) is 48.0 Å². The predicted molar refractivity (Wildman–Crippen MR) is 130 cm³/mol. The van der Waals surface area contributed by atoms with Gasteiger partial charge in [-0.2, -0.15) is 0 Å². The normalized spacial score (nSPS) is 10.7. The van der Waals surface area contributed by atoms with E-state index >= 15 is 0 Å². The molecule has 1 N–H and O–H groups in total. The third-order valence-corrected chi connectivity index (χ3v) is 5.40. The van der Waals surface area contributed by atoms with Gasteiger partial charge in [0.25, 0.3) is 11.6 Å². The first-order valence-electron chi connectivity index (χ1n) is 10.3. The van der Waals surface area contributed by atoms with Crippen LogP contribution in [-0.4, -0.2) is 23.4 Å². The van der Waals surface area contributed by atoms with Crippen molar-refractivity contribution in [3.8, 4) is 11.3 Å². The topological polar surface area (TPSA) is 129 Å². The van der Waals surface area contributed by atoms with Gasteiger partial charge in [0.05, 0.1) is 10.3 Å². The third kappa shape index (κ3) is 4.90. The highest BCUT2D eigenvalue weighted by Gasteiger charge is 2.21. The first-order valence-corrected chi connectivity index (χ1v) is 10.7. The predicted octanol–water partition coefficient (Wildman–Crippen LogP) is 5.13. The Kier molecular flexibility index (Phi) is 6.61. The van der Waals surface area contributed by atoms with Gasteiger partial charge in [0.2, 0.25) is 0 Å². The van der Waals surface area contributed by atoms with E-state index in [1.54, 1.807) is 31.2 Å². The van der Waals surface area contributed by atoms with Crippen molar-refractivity contribution in [3.05, 3.63) is 103 Å². The molecule has 1 amide bonds. The zero-order valence-electron chi connectivity index (χ0n) is 18.2. The minimum absolute atomic E-state index is 0.0258. The molecule has 0 saturated carbocycles. The van der Waals surface area contributed by atoms with Crippen molar-refractivity contribution in [3.63, 3.8) is 0 Å². The van der Waals surface area contributed by atoms with E-state index in [2.05, 4.69) is 5.32 Å². The SMILES string of the molecule is Cc1c(-c2ccccc2)oc2c(C(=O)OCC(=O)Nc3cc(Cl)ccc3[N+](=O)[O-])cccc2c1=O. The summed E-state index contributed by atoms with van der Waals surface area (Å²) in [5.41, 5.74) is 0.227. The van der Waals surface area contributed by atoms with Crippen molar-refractivity contribution < 1.29 is 23.7 Å². The molecule has 1 heterocycles. The molecule has 176 valence electrons. The largest absolute Gasteiger partial charge is 0.455 e. The van der Waals surface area contributed by atoms with Gasteiger partial charge in [-0.25, -0.2) is 4.79 Å². The van der Waals surface area contributed by atoms with Crippen LogP contribution in [0.2, 0.25) is 5.02 Å². The number of hydrogen-bond donors (Lipinski definition) is 1. The van der Waals surface area contributed by atoms with Gasteiger partial charge in [-0.15, -0.1) is 0 Å². The lowest BCUT2D eigenvalue weighted by molar-refractivity contribution is -0.383. The third-order valence-electron chi connectivity index (χ3n) is 5.16. The van der Waals surface area contributed by atoms with Gasteiger partial charge in [0.15, 0.2) is 17.6 Å². The van der Waals surface area contributed by atoms with Gasteiger partial charge in [0.1, 0.15) is 17.0 Å². The summed E-state index contributed by atoms with van der Waals surface area (Å²) in [7, 11) is 0. The van der Waals surface area contributed by atoms with Gasteiger partial charge in [-0.05, 0) is 31.2 Å². The van der Waals surface area contributed by atoms with Crippen LogP contribution in [0, 0.1) is 17.0 Å². The fourth-order valence-electron chi connectivity index (χ4n) is 3.50. The smallest absolute Gasteiger partial charge is 0.342 e. The molecule has 4 aromatic rings. The van der Waals surface area contributed by atoms with E-state index in [4.69, 9.17) is 20.8 Å². The molecule has 0 unspecified atom stereocenters. The van der Waals surface area contributed by atoms with Crippen molar-refractivity contribution in [1.82, 2.24) is 0 Å². The number of anilines is 1. The maximum Gasteiger partial charge on any atom is 0.342 e. The van der Waals surface area contributed by atoms with Crippen molar-refractivity contribution in [2.24, 2.45) is 0 Å². The Hall–Kier alpha value is -4.50. The first-order chi connectivity index (χ1) is 16.8. The summed E-state index contributed by atoms with van der Waals surface area (Å²) in [4.78, 5) is 48.5. The molecular weight excluding hydrogens is 476 g/mol. The molecule has 4 rings (SSSR count). The van der Waals surface area contributed by atoms with Crippen LogP contribution in [0.15, 0.2) is 75.9 Å². The Labute approximate surface area is 203 Å². The maximum atomic E-state index is 12.9. The number of para-hydroxylation sites is 1. The summed E-state index contributed by atoms with van der Waals surface area (Å²) in [6.45, 7) is 0.901. The van der Waals surface area contributed by atoms with Gasteiger partial charge in [-0.3, -0.25) is 19.7 Å². The second-order valence-electron chi connectivity index (χ2n) is 7.48. The molecule has 10 heteroatoms. The number of nitrogens with zero attached hydrogens (tertiary/aromatic N) is 1. The number of fused-ring (bicyclic) bond motifs is 1. The molecule has 0 saturated heterocycles. The quantitative estimate of drug-likeness (QED) is 0.224. The van der Waals surface area contributed by atoms with Crippen LogP contribution < -0.4 is 10.7 Å². The molecular formula is C25H17ClN2O7. The highest BCUT2D eigenvalue weighted by Crippen LogP contribution is 2.29. The van der Waals surface area contributed by atoms with Crippen molar-refractivity contribution in [1.29, 1.82) is 0 Å². The second kappa shape index (κ2) is 9.78. The van der Waals surface area contributed by atoms with Gasteiger partial charge < -0.3 is 14.5 Å². The Morgan fingerprint density at radius 1 is 1.09 bits per heavy atom. The number of benzene rings is 3. The van der Waals surface area contributed by atoms with Crippen LogP contribution in [0.4, 0.5) is 11.4 Å². The van der Waals surface area contributed by atoms with Crippen molar-refractivity contribution >= 4 is 45.8 Å². The average molecular weight is 493 g/mol. The zero-order valence-corrected chi connectivity index (χ0v) is 19.0. The average Bonchev–Trinajstić information content (AvgIpc) is 2.84. The number of rotatable bonds is 6. The Morgan fingerprint density at radius 3 is 2.54 bits per heavy atom. The number of halogens is 1. The monoisotopic (exact) mass is 492 g/mol. The van der Waals surface area contributed by atoms with Crippen LogP contribution in [0.5, 0.6) is 0 Å². The number of carbonyl (C=O) groups excluding carboxylic acids is 2. The van der Waals surface area contributed by atoms with E-state index < -0.39 is 23.4 Å². The Morgan fingerprint density at radius 2 is 1.83 bits per heavy atom. The Bertz CT molecular complexity index is 1530. The lowest BCUT2D eigenvalue weighted by Crippen LogP contribution is -2.21. The highest BCUT2D eigenvalue weighted by molar-refractivity contribution is 6.31. The number of amides is 1. The fourth-order valence-corrected chi connectivity index (χ4v) is 3.67. The van der Waals surface area contributed by atoms with E-state index in [1.807, 2.05) is 6.07 Å². The maximum absolute atomic E-state index is 12.9. The summed E-state index contributed by atoms with van der Waals surface area (Å²) >= 11 is 5.85. The van der Waals surface area contributed by atoms with Crippen LogP contribution in [0.1, 0.15) is 15.9 Å². The molecule has 0 atom stereocenters. The van der Waals surface area contributed by atoms with Gasteiger partial charge in [0, 0.05) is 22.2 Å². The molecule has 0 fully saturated rings. The molecule has 3 aromatic carbocycles. The van der Waals surface area contributed by atoms with E-state index in [0.29, 0.717) is 16.9 Å². The zero-order chi connectivity index (χ0) is 25.1. The number of nitro benzene ring substituents is 1. The highest BCUT2D eigenvalue weighted by atomic mass is 35.5. The Balaban J connectivity index is 1.60. The molecule has 0 aliphatic rings. The summed E-state index contributed by atoms with van der Waals surface area (Å²) in [6.07, 6.45) is 0. The minimum atomic E-state index is -0.905. The first kappa shape index (κ1) is 23.7. The molecule has 0 aliphatic heterocycles. The lowest BCUT2D eigenvalue weighted by Gasteiger charge is -2.11. The van der Waals surface area contributed by atoms with Crippen LogP contribution in [-0.2, 0) is 9.53 Å². The number of ether oxygens (including phenoxy) is 1. The number of carbonyl (C=O) groups is 2. The molecule has 0 spiro atoms. The molecule has 0 radical (unpaired) electrons. The number of hydrogen-bond acceptors (Lipinski definition) is 7. The van der Waals surface area contributed by atoms with Gasteiger partial charge >= 0.3 is 5.97 Å². The summed E-state index contributed by atoms with van der Waals surface area (Å²) in [5, 5.41) is 13.8. The van der Waals surface area contributed by atoms with Crippen molar-refractivity contribution in [2.75, 3.05) is 11.9 Å². The number of esters is 1. The van der Waals surface area contributed by atoms with E-state index in [-0.39, 0.29) is 38.4 Å². The molecule has 0 aliphatic carbocycles. The van der Waals surface area contributed by atoms with Crippen LogP contribution >= 0.6 is 11.6 Å². The standard InChI is InChI=1S/C25H17ClN2O7/c1-14-22(30)17-8-5-9-18(24(17)35-23(14)15-6-3-2-4-7-15)25(31)34-13-21(29)27-19-12-16(26)10-11-20(19)28(32)33/h2-12H,13H2,1H3,(H,27,29). The van der Waals surface area contributed by atoms with E-state index in [9.17, 15) is 24.5 Å².